The summed E-state index contributed by atoms with van der Waals surface area (Å²) in [6.45, 7) is 0.333. The number of aromatic amines is 1. The summed E-state index contributed by atoms with van der Waals surface area (Å²) in [6.07, 6.45) is 3.19. The minimum Gasteiger partial charge on any atom is -0.392 e. The van der Waals surface area contributed by atoms with Crippen LogP contribution in [0.2, 0.25) is 0 Å². The van der Waals surface area contributed by atoms with Crippen molar-refractivity contribution in [1.29, 1.82) is 0 Å². The van der Waals surface area contributed by atoms with Gasteiger partial charge in [-0.25, -0.2) is 8.78 Å². The summed E-state index contributed by atoms with van der Waals surface area (Å²) in [5.74, 6) is -1.30. The Balaban J connectivity index is 1.59. The summed E-state index contributed by atoms with van der Waals surface area (Å²) in [7, 11) is 0. The molecule has 144 valence electrons. The van der Waals surface area contributed by atoms with Crippen molar-refractivity contribution >= 4 is 34.6 Å². The highest BCUT2D eigenvalue weighted by Crippen LogP contribution is 2.26. The Morgan fingerprint density at radius 3 is 2.71 bits per heavy atom. The minimum atomic E-state index is -0.586. The molecule has 0 aliphatic carbocycles. The second-order valence-electron chi connectivity index (χ2n) is 6.71. The largest absolute Gasteiger partial charge is 0.392 e. The molecule has 0 spiro atoms. The van der Waals surface area contributed by atoms with Gasteiger partial charge in [-0.05, 0) is 36.3 Å². The van der Waals surface area contributed by atoms with Crippen LogP contribution < -0.4 is 10.6 Å². The van der Waals surface area contributed by atoms with Crippen LogP contribution in [0.25, 0.3) is 23.1 Å². The van der Waals surface area contributed by atoms with Crippen molar-refractivity contribution in [3.8, 4) is 0 Å². The van der Waals surface area contributed by atoms with E-state index in [1.54, 1.807) is 24.3 Å². The molecular weight excluding hydrogens is 366 g/mol. The summed E-state index contributed by atoms with van der Waals surface area (Å²) in [6, 6.07) is 8.21. The van der Waals surface area contributed by atoms with Crippen molar-refractivity contribution in [1.82, 2.24) is 15.5 Å². The van der Waals surface area contributed by atoms with Gasteiger partial charge in [-0.1, -0.05) is 18.2 Å². The molecule has 4 rings (SSSR count). The summed E-state index contributed by atoms with van der Waals surface area (Å²) in [5, 5.41) is 22.5. The number of β-amino-alcohol motifs (C(OH)–C–C–N with tert-alkyl or cyclic N) is 1. The van der Waals surface area contributed by atoms with E-state index >= 15 is 0 Å². The van der Waals surface area contributed by atoms with Crippen LogP contribution in [0.1, 0.15) is 17.7 Å². The zero-order valence-corrected chi connectivity index (χ0v) is 14.7. The van der Waals surface area contributed by atoms with Gasteiger partial charge in [0.25, 0.3) is 0 Å². The lowest BCUT2D eigenvalue weighted by Crippen LogP contribution is -2.35. The van der Waals surface area contributed by atoms with E-state index in [0.29, 0.717) is 23.1 Å². The van der Waals surface area contributed by atoms with Gasteiger partial charge < -0.3 is 15.7 Å². The molecule has 1 saturated heterocycles. The molecular formula is C20H18F2N4O2. The number of benzene rings is 2. The van der Waals surface area contributed by atoms with E-state index in [4.69, 9.17) is 0 Å². The number of aliphatic hydroxyl groups is 1. The van der Waals surface area contributed by atoms with E-state index in [2.05, 4.69) is 20.8 Å². The third kappa shape index (κ3) is 3.78. The Morgan fingerprint density at radius 1 is 1.21 bits per heavy atom. The first kappa shape index (κ1) is 18.3. The molecule has 1 fully saturated rings. The maximum absolute atomic E-state index is 14.4. The lowest BCUT2D eigenvalue weighted by molar-refractivity contribution is -0.118. The van der Waals surface area contributed by atoms with Crippen LogP contribution in [0.15, 0.2) is 36.4 Å². The Labute approximate surface area is 159 Å². The van der Waals surface area contributed by atoms with Crippen LogP contribution in [-0.4, -0.2) is 39.9 Å². The summed E-state index contributed by atoms with van der Waals surface area (Å²) in [5.41, 5.74) is 1.88. The molecule has 0 saturated carbocycles. The first-order chi connectivity index (χ1) is 13.5. The van der Waals surface area contributed by atoms with Gasteiger partial charge in [-0.3, -0.25) is 9.89 Å². The summed E-state index contributed by atoms with van der Waals surface area (Å²) < 4.78 is 27.4. The smallest absolute Gasteiger partial charge is 0.241 e. The van der Waals surface area contributed by atoms with Gasteiger partial charge in [-0.2, -0.15) is 5.10 Å². The van der Waals surface area contributed by atoms with Crippen molar-refractivity contribution in [2.24, 2.45) is 0 Å². The van der Waals surface area contributed by atoms with Crippen molar-refractivity contribution in [3.63, 3.8) is 0 Å². The predicted octanol–water partition coefficient (Wildman–Crippen LogP) is 2.67. The molecule has 2 atom stereocenters. The van der Waals surface area contributed by atoms with E-state index in [9.17, 15) is 18.7 Å². The number of hydrogen-bond donors (Lipinski definition) is 4. The number of carbonyl (C=O) groups is 1. The average molecular weight is 384 g/mol. The highest BCUT2D eigenvalue weighted by molar-refractivity contribution is 5.98. The lowest BCUT2D eigenvalue weighted by atomic mass is 10.1. The number of nitrogens with zero attached hydrogens (tertiary/aromatic N) is 1. The van der Waals surface area contributed by atoms with E-state index in [0.717, 1.165) is 5.56 Å². The number of halogens is 2. The van der Waals surface area contributed by atoms with Crippen LogP contribution in [-0.2, 0) is 4.79 Å². The number of aromatic nitrogens is 2. The van der Waals surface area contributed by atoms with Gasteiger partial charge in [0.05, 0.1) is 29.0 Å². The number of rotatable bonds is 4. The van der Waals surface area contributed by atoms with Crippen LogP contribution in [0.5, 0.6) is 0 Å². The number of hydrogen-bond acceptors (Lipinski definition) is 4. The van der Waals surface area contributed by atoms with Crippen molar-refractivity contribution in [2.75, 3.05) is 11.9 Å². The summed E-state index contributed by atoms with van der Waals surface area (Å²) in [4.78, 5) is 12.3. The van der Waals surface area contributed by atoms with Gasteiger partial charge in [-0.15, -0.1) is 0 Å². The van der Waals surface area contributed by atoms with E-state index in [-0.39, 0.29) is 17.9 Å². The standard InChI is InChI=1S/C20H18F2N4O2/c21-12-4-1-11(2-5-12)3-6-16-14-8-18(15(22)9-17(14)26-25-16)24-20(28)19-7-13(27)10-23-19/h1-6,8-9,13,19,23,27H,7,10H2,(H,24,28)(H,25,26)/b6-3+/t13-,19+/m1/s1. The number of nitrogens with one attached hydrogen (secondary N) is 3. The highest BCUT2D eigenvalue weighted by atomic mass is 19.1. The van der Waals surface area contributed by atoms with Crippen molar-refractivity contribution in [2.45, 2.75) is 18.6 Å². The van der Waals surface area contributed by atoms with Gasteiger partial charge >= 0.3 is 0 Å². The van der Waals surface area contributed by atoms with Gasteiger partial charge in [0.1, 0.15) is 11.6 Å². The zero-order chi connectivity index (χ0) is 19.7. The fraction of sp³-hybridized carbons (Fsp3) is 0.200. The van der Waals surface area contributed by atoms with Crippen LogP contribution in [0.3, 0.4) is 0 Å². The SMILES string of the molecule is O=C(Nc1cc2c(/C=C/c3ccc(F)cc3)n[nH]c2cc1F)[C@@H]1C[C@@H](O)CN1. The van der Waals surface area contributed by atoms with E-state index in [1.807, 2.05) is 0 Å². The number of anilines is 1. The molecule has 1 aromatic heterocycles. The predicted molar refractivity (Wildman–Crippen MR) is 102 cm³/mol. The fourth-order valence-electron chi connectivity index (χ4n) is 3.17. The van der Waals surface area contributed by atoms with Crippen LogP contribution in [0, 0.1) is 11.6 Å². The quantitative estimate of drug-likeness (QED) is 0.557. The van der Waals surface area contributed by atoms with Crippen molar-refractivity contribution < 1.29 is 18.7 Å². The molecule has 0 bridgehead atoms. The molecule has 1 aliphatic heterocycles. The van der Waals surface area contributed by atoms with Crippen LogP contribution in [0.4, 0.5) is 14.5 Å². The molecule has 0 unspecified atom stereocenters. The molecule has 8 heteroatoms. The monoisotopic (exact) mass is 384 g/mol. The van der Waals surface area contributed by atoms with Gasteiger partial charge in [0.2, 0.25) is 5.91 Å². The number of amides is 1. The zero-order valence-electron chi connectivity index (χ0n) is 14.7. The molecule has 2 aromatic carbocycles. The Hall–Kier alpha value is -3.10. The Kier molecular flexibility index (Phi) is 4.89. The van der Waals surface area contributed by atoms with E-state index < -0.39 is 23.9 Å². The molecule has 3 aromatic rings. The highest BCUT2D eigenvalue weighted by Gasteiger charge is 2.28. The van der Waals surface area contributed by atoms with Crippen LogP contribution >= 0.6 is 0 Å². The lowest BCUT2D eigenvalue weighted by Gasteiger charge is -2.12. The summed E-state index contributed by atoms with van der Waals surface area (Å²) >= 11 is 0. The molecule has 6 nitrogen and oxygen atoms in total. The normalized spacial score (nSPS) is 19.5. The van der Waals surface area contributed by atoms with Gasteiger partial charge in [0, 0.05) is 18.0 Å². The maximum Gasteiger partial charge on any atom is 0.241 e. The molecule has 1 amide bonds. The number of H-pyrrole nitrogens is 1. The topological polar surface area (TPSA) is 90.0 Å². The first-order valence-electron chi connectivity index (χ1n) is 8.83. The second-order valence-corrected chi connectivity index (χ2v) is 6.71. The third-order valence-corrected chi connectivity index (χ3v) is 4.67. The third-order valence-electron chi connectivity index (χ3n) is 4.67. The average Bonchev–Trinajstić information content (AvgIpc) is 3.28. The maximum atomic E-state index is 14.4. The first-order valence-corrected chi connectivity index (χ1v) is 8.83. The van der Waals surface area contributed by atoms with Gasteiger partial charge in [0.15, 0.2) is 0 Å². The van der Waals surface area contributed by atoms with Crippen molar-refractivity contribution in [3.05, 3.63) is 59.3 Å². The van der Waals surface area contributed by atoms with E-state index in [1.165, 1.54) is 24.3 Å². The second kappa shape index (κ2) is 7.49. The number of aliphatic hydroxyl groups excluding tert-OH is 1. The molecule has 1 aliphatic rings. The minimum absolute atomic E-state index is 0.0403. The molecule has 2 heterocycles. The number of carbonyl (C=O) groups excluding carboxylic acids is 1. The number of fused-ring (bicyclic) bond motifs is 1. The fourth-order valence-corrected chi connectivity index (χ4v) is 3.17. The molecule has 28 heavy (non-hydrogen) atoms. The molecule has 0 radical (unpaired) electrons. The molecule has 4 N–H and O–H groups in total. The Morgan fingerprint density at radius 2 is 2.00 bits per heavy atom. The Bertz CT molecular complexity index is 1050.